The maximum atomic E-state index is 12.3. The van der Waals surface area contributed by atoms with Gasteiger partial charge in [-0.2, -0.15) is 0 Å². The summed E-state index contributed by atoms with van der Waals surface area (Å²) < 4.78 is 10.5. The molecule has 1 aromatic carbocycles. The Labute approximate surface area is 135 Å². The van der Waals surface area contributed by atoms with Crippen molar-refractivity contribution in [2.75, 3.05) is 20.8 Å². The van der Waals surface area contributed by atoms with Crippen LogP contribution >= 0.6 is 15.9 Å². The molecule has 0 saturated carbocycles. The molecule has 0 aliphatic carbocycles. The van der Waals surface area contributed by atoms with Gasteiger partial charge in [0.1, 0.15) is 0 Å². The van der Waals surface area contributed by atoms with Gasteiger partial charge in [-0.1, -0.05) is 42.8 Å². The third kappa shape index (κ3) is 5.58. The lowest BCUT2D eigenvalue weighted by Gasteiger charge is -2.22. The molecule has 5 heteroatoms. The van der Waals surface area contributed by atoms with Gasteiger partial charge in [0.15, 0.2) is 11.5 Å². The lowest BCUT2D eigenvalue weighted by Crippen LogP contribution is -2.31. The Balaban J connectivity index is 2.72. The summed E-state index contributed by atoms with van der Waals surface area (Å²) in [7, 11) is 3.08. The Bertz CT molecular complexity index is 483. The second-order valence-electron chi connectivity index (χ2n) is 6.11. The maximum Gasteiger partial charge on any atom is 0.255 e. The van der Waals surface area contributed by atoms with Crippen molar-refractivity contribution in [1.82, 2.24) is 5.32 Å². The van der Waals surface area contributed by atoms with Crippen LogP contribution in [0.25, 0.3) is 0 Å². The lowest BCUT2D eigenvalue weighted by atomic mass is 9.90. The number of ether oxygens (including phenoxy) is 2. The molecule has 1 aromatic rings. The van der Waals surface area contributed by atoms with E-state index in [0.29, 0.717) is 23.6 Å². The monoisotopic (exact) mass is 357 g/mol. The Morgan fingerprint density at radius 2 is 1.95 bits per heavy atom. The van der Waals surface area contributed by atoms with Crippen molar-refractivity contribution in [3.05, 3.63) is 23.8 Å². The summed E-state index contributed by atoms with van der Waals surface area (Å²) in [5.74, 6) is 0.846. The number of rotatable bonds is 6. The van der Waals surface area contributed by atoms with Crippen molar-refractivity contribution < 1.29 is 14.3 Å². The molecule has 0 bridgehead atoms. The van der Waals surface area contributed by atoms with Gasteiger partial charge in [0.25, 0.3) is 5.91 Å². The fraction of sp³-hybridized carbons (Fsp3) is 0.562. The quantitative estimate of drug-likeness (QED) is 0.790. The number of nitrogens with one attached hydrogen (secondary N) is 1. The van der Waals surface area contributed by atoms with Crippen molar-refractivity contribution in [3.63, 3.8) is 0 Å². The predicted molar refractivity (Wildman–Crippen MR) is 88.7 cm³/mol. The number of benzene rings is 1. The number of amides is 1. The molecule has 21 heavy (non-hydrogen) atoms. The minimum Gasteiger partial charge on any atom is -0.493 e. The summed E-state index contributed by atoms with van der Waals surface area (Å²) in [6.45, 7) is 7.09. The number of hydrogen-bond donors (Lipinski definition) is 1. The van der Waals surface area contributed by atoms with Crippen molar-refractivity contribution >= 4 is 21.8 Å². The molecular weight excluding hydrogens is 334 g/mol. The molecule has 0 aromatic heterocycles. The molecule has 0 aliphatic heterocycles. The number of alkyl halides is 1. The van der Waals surface area contributed by atoms with Crippen LogP contribution in [0.5, 0.6) is 11.5 Å². The van der Waals surface area contributed by atoms with Crippen LogP contribution in [0, 0.1) is 5.41 Å². The van der Waals surface area contributed by atoms with Gasteiger partial charge in [0.2, 0.25) is 0 Å². The smallest absolute Gasteiger partial charge is 0.255 e. The van der Waals surface area contributed by atoms with E-state index in [-0.39, 0.29) is 16.1 Å². The predicted octanol–water partition coefficient (Wildman–Crippen LogP) is 3.63. The molecule has 4 nitrogen and oxygen atoms in total. The molecule has 1 atom stereocenters. The summed E-state index contributed by atoms with van der Waals surface area (Å²) >= 11 is 3.61. The first-order valence-corrected chi connectivity index (χ1v) is 7.83. The van der Waals surface area contributed by atoms with Gasteiger partial charge in [0, 0.05) is 11.4 Å². The first-order chi connectivity index (χ1) is 9.78. The summed E-state index contributed by atoms with van der Waals surface area (Å²) in [5.41, 5.74) is 0.694. The molecule has 0 saturated heterocycles. The van der Waals surface area contributed by atoms with E-state index in [0.717, 1.165) is 6.42 Å². The minimum atomic E-state index is -0.163. The first kappa shape index (κ1) is 17.8. The molecule has 1 N–H and O–H groups in total. The van der Waals surface area contributed by atoms with Crippen LogP contribution in [0.2, 0.25) is 0 Å². The van der Waals surface area contributed by atoms with E-state index < -0.39 is 0 Å². The number of para-hydroxylation sites is 1. The number of methoxy groups -OCH3 is 2. The highest BCUT2D eigenvalue weighted by molar-refractivity contribution is 9.09. The van der Waals surface area contributed by atoms with Gasteiger partial charge in [-0.05, 0) is 24.0 Å². The lowest BCUT2D eigenvalue weighted by molar-refractivity contribution is 0.0949. The van der Waals surface area contributed by atoms with Gasteiger partial charge in [-0.3, -0.25) is 4.79 Å². The number of hydrogen-bond acceptors (Lipinski definition) is 3. The molecule has 0 aliphatic rings. The maximum absolute atomic E-state index is 12.3. The second kappa shape index (κ2) is 7.69. The van der Waals surface area contributed by atoms with E-state index in [2.05, 4.69) is 42.0 Å². The van der Waals surface area contributed by atoms with E-state index in [1.165, 1.54) is 7.11 Å². The van der Waals surface area contributed by atoms with Crippen molar-refractivity contribution in [2.24, 2.45) is 5.41 Å². The number of carbonyl (C=O) groups excluding carboxylic acids is 1. The Hall–Kier alpha value is -1.23. The van der Waals surface area contributed by atoms with Crippen molar-refractivity contribution in [3.8, 4) is 11.5 Å². The highest BCUT2D eigenvalue weighted by atomic mass is 79.9. The zero-order valence-corrected chi connectivity index (χ0v) is 14.9. The average Bonchev–Trinajstić information content (AvgIpc) is 2.41. The summed E-state index contributed by atoms with van der Waals surface area (Å²) in [6, 6.07) is 5.27. The second-order valence-corrected chi connectivity index (χ2v) is 7.41. The topological polar surface area (TPSA) is 47.6 Å². The van der Waals surface area contributed by atoms with E-state index in [4.69, 9.17) is 9.47 Å². The van der Waals surface area contributed by atoms with E-state index in [9.17, 15) is 4.79 Å². The van der Waals surface area contributed by atoms with Gasteiger partial charge >= 0.3 is 0 Å². The van der Waals surface area contributed by atoms with E-state index in [1.807, 2.05) is 0 Å². The van der Waals surface area contributed by atoms with E-state index in [1.54, 1.807) is 25.3 Å². The Morgan fingerprint density at radius 3 is 2.48 bits per heavy atom. The SMILES string of the molecule is COc1cccc(C(=O)NCC(Br)CC(C)(C)C)c1OC. The minimum absolute atomic E-state index is 0.163. The molecule has 1 unspecified atom stereocenters. The summed E-state index contributed by atoms with van der Waals surface area (Å²) in [6.07, 6.45) is 0.975. The number of carbonyl (C=O) groups is 1. The number of halogens is 1. The molecule has 1 rings (SSSR count). The van der Waals surface area contributed by atoms with Gasteiger partial charge in [-0.15, -0.1) is 0 Å². The highest BCUT2D eigenvalue weighted by Crippen LogP contribution is 2.30. The summed E-state index contributed by atoms with van der Waals surface area (Å²) in [4.78, 5) is 12.5. The van der Waals surface area contributed by atoms with Crippen LogP contribution in [-0.4, -0.2) is 31.5 Å². The zero-order valence-electron chi connectivity index (χ0n) is 13.3. The Morgan fingerprint density at radius 1 is 1.29 bits per heavy atom. The first-order valence-electron chi connectivity index (χ1n) is 6.91. The van der Waals surface area contributed by atoms with Crippen molar-refractivity contribution in [2.45, 2.75) is 32.0 Å². The fourth-order valence-electron chi connectivity index (χ4n) is 2.10. The van der Waals surface area contributed by atoms with Gasteiger partial charge in [0.05, 0.1) is 19.8 Å². The Kier molecular flexibility index (Phi) is 6.52. The van der Waals surface area contributed by atoms with Crippen LogP contribution in [0.15, 0.2) is 18.2 Å². The third-order valence-electron chi connectivity index (χ3n) is 2.97. The van der Waals surface area contributed by atoms with Gasteiger partial charge in [-0.25, -0.2) is 0 Å². The standard InChI is InChI=1S/C16H24BrNO3/c1-16(2,3)9-11(17)10-18-15(19)12-7-6-8-13(20-4)14(12)21-5/h6-8,11H,9-10H2,1-5H3,(H,18,19). The molecular formula is C16H24BrNO3. The van der Waals surface area contributed by atoms with E-state index >= 15 is 0 Å². The van der Waals surface area contributed by atoms with Crippen LogP contribution in [0.4, 0.5) is 0 Å². The van der Waals surface area contributed by atoms with Crippen LogP contribution in [-0.2, 0) is 0 Å². The fourth-order valence-corrected chi connectivity index (χ4v) is 3.23. The van der Waals surface area contributed by atoms with Crippen LogP contribution < -0.4 is 14.8 Å². The average molecular weight is 358 g/mol. The molecule has 0 spiro atoms. The summed E-state index contributed by atoms with van der Waals surface area (Å²) in [5, 5.41) is 2.93. The van der Waals surface area contributed by atoms with Gasteiger partial charge < -0.3 is 14.8 Å². The van der Waals surface area contributed by atoms with Crippen molar-refractivity contribution in [1.29, 1.82) is 0 Å². The molecule has 1 amide bonds. The van der Waals surface area contributed by atoms with Crippen LogP contribution in [0.1, 0.15) is 37.6 Å². The normalized spacial score (nSPS) is 12.7. The molecule has 0 radical (unpaired) electrons. The zero-order chi connectivity index (χ0) is 16.0. The molecule has 0 heterocycles. The molecule has 118 valence electrons. The van der Waals surface area contributed by atoms with Crippen LogP contribution in [0.3, 0.4) is 0 Å². The third-order valence-corrected chi connectivity index (χ3v) is 3.61. The largest absolute Gasteiger partial charge is 0.493 e. The molecule has 0 fully saturated rings. The highest BCUT2D eigenvalue weighted by Gasteiger charge is 2.19.